The molecule has 0 bridgehead atoms. The van der Waals surface area contributed by atoms with Crippen molar-refractivity contribution in [2.24, 2.45) is 4.99 Å². The number of pyridine rings is 1. The fourth-order valence-corrected chi connectivity index (χ4v) is 4.03. The predicted molar refractivity (Wildman–Crippen MR) is 136 cm³/mol. The lowest BCUT2D eigenvalue weighted by Gasteiger charge is -2.27. The number of aliphatic imine (C=N–C) groups is 1. The summed E-state index contributed by atoms with van der Waals surface area (Å²) in [6, 6.07) is 23.6. The SMILES string of the molecule is COc1cccc(-c2ccc3c(c2)C(Nc2ccc(Cl)c(Cl)c2)=NC(c2cccnc2)N3)c1. The molecule has 0 aliphatic carbocycles. The van der Waals surface area contributed by atoms with Gasteiger partial charge in [0.2, 0.25) is 0 Å². The van der Waals surface area contributed by atoms with Gasteiger partial charge in [-0.3, -0.25) is 4.98 Å². The Hall–Kier alpha value is -3.54. The zero-order valence-corrected chi connectivity index (χ0v) is 19.2. The number of methoxy groups -OCH3 is 1. The standard InChI is InChI=1S/C26H20Cl2N4O/c1-33-20-6-2-4-16(12-20)17-7-10-24-21(13-17)26(30-19-8-9-22(27)23(28)14-19)32-25(31-24)18-5-3-11-29-15-18/h2-15,25,31H,1H3,(H,30,32). The second kappa shape index (κ2) is 9.14. The molecule has 2 heterocycles. The normalized spacial score (nSPS) is 14.6. The largest absolute Gasteiger partial charge is 0.497 e. The minimum absolute atomic E-state index is 0.279. The van der Waals surface area contributed by atoms with Crippen molar-refractivity contribution in [2.75, 3.05) is 17.7 Å². The van der Waals surface area contributed by atoms with E-state index in [4.69, 9.17) is 32.9 Å². The van der Waals surface area contributed by atoms with E-state index in [0.29, 0.717) is 10.0 Å². The highest BCUT2D eigenvalue weighted by Crippen LogP contribution is 2.34. The number of hydrogen-bond donors (Lipinski definition) is 2. The number of nitrogens with zero attached hydrogens (tertiary/aromatic N) is 2. The molecule has 0 saturated heterocycles. The van der Waals surface area contributed by atoms with Crippen LogP contribution in [0.5, 0.6) is 5.75 Å². The number of aromatic nitrogens is 1. The van der Waals surface area contributed by atoms with Crippen molar-refractivity contribution in [1.82, 2.24) is 4.98 Å². The lowest BCUT2D eigenvalue weighted by Crippen LogP contribution is -2.25. The molecule has 0 spiro atoms. The van der Waals surface area contributed by atoms with Crippen molar-refractivity contribution in [3.63, 3.8) is 0 Å². The van der Waals surface area contributed by atoms with Gasteiger partial charge in [-0.25, -0.2) is 4.99 Å². The van der Waals surface area contributed by atoms with Gasteiger partial charge < -0.3 is 15.4 Å². The molecule has 7 heteroatoms. The van der Waals surface area contributed by atoms with E-state index in [1.54, 1.807) is 25.4 Å². The summed E-state index contributed by atoms with van der Waals surface area (Å²) in [6.45, 7) is 0. The Morgan fingerprint density at radius 3 is 2.58 bits per heavy atom. The van der Waals surface area contributed by atoms with Crippen LogP contribution in [0, 0.1) is 0 Å². The van der Waals surface area contributed by atoms with E-state index in [1.807, 2.05) is 42.6 Å². The van der Waals surface area contributed by atoms with Crippen LogP contribution in [0.4, 0.5) is 11.4 Å². The molecule has 0 saturated carbocycles. The van der Waals surface area contributed by atoms with Gasteiger partial charge >= 0.3 is 0 Å². The van der Waals surface area contributed by atoms with Crippen LogP contribution in [0.25, 0.3) is 11.1 Å². The molecule has 1 atom stereocenters. The molecule has 1 aliphatic heterocycles. The quantitative estimate of drug-likeness (QED) is 0.332. The molecule has 3 aromatic carbocycles. The summed E-state index contributed by atoms with van der Waals surface area (Å²) < 4.78 is 5.40. The molecular formula is C26H20Cl2N4O. The van der Waals surface area contributed by atoms with Gasteiger partial charge in [0, 0.05) is 34.9 Å². The Labute approximate surface area is 202 Å². The van der Waals surface area contributed by atoms with Crippen molar-refractivity contribution >= 4 is 40.4 Å². The smallest absolute Gasteiger partial charge is 0.148 e. The van der Waals surface area contributed by atoms with Crippen LogP contribution in [0.2, 0.25) is 10.0 Å². The van der Waals surface area contributed by atoms with E-state index in [9.17, 15) is 0 Å². The maximum Gasteiger partial charge on any atom is 0.148 e. The molecule has 0 fully saturated rings. The molecule has 1 unspecified atom stereocenters. The fourth-order valence-electron chi connectivity index (χ4n) is 3.73. The average molecular weight is 475 g/mol. The van der Waals surface area contributed by atoms with Crippen molar-refractivity contribution in [2.45, 2.75) is 6.17 Å². The van der Waals surface area contributed by atoms with Gasteiger partial charge in [0.05, 0.1) is 17.2 Å². The molecule has 1 aliphatic rings. The Kier molecular flexibility index (Phi) is 5.90. The molecular weight excluding hydrogens is 455 g/mol. The number of halogens is 2. The molecule has 2 N–H and O–H groups in total. The van der Waals surface area contributed by atoms with Gasteiger partial charge in [-0.1, -0.05) is 47.5 Å². The number of ether oxygens (including phenoxy) is 1. The Morgan fingerprint density at radius 1 is 0.909 bits per heavy atom. The molecule has 5 nitrogen and oxygen atoms in total. The first kappa shape index (κ1) is 21.3. The minimum Gasteiger partial charge on any atom is -0.497 e. The second-order valence-electron chi connectivity index (χ2n) is 7.56. The predicted octanol–water partition coefficient (Wildman–Crippen LogP) is 7.05. The summed E-state index contributed by atoms with van der Waals surface area (Å²) in [5.74, 6) is 1.53. The van der Waals surface area contributed by atoms with Crippen LogP contribution in [0.3, 0.4) is 0 Å². The van der Waals surface area contributed by atoms with E-state index in [2.05, 4.69) is 39.9 Å². The first-order valence-corrected chi connectivity index (χ1v) is 11.1. The van der Waals surface area contributed by atoms with Crippen LogP contribution in [-0.2, 0) is 0 Å². The molecule has 4 aromatic rings. The number of benzene rings is 3. The number of nitrogens with one attached hydrogen (secondary N) is 2. The van der Waals surface area contributed by atoms with E-state index >= 15 is 0 Å². The third kappa shape index (κ3) is 4.51. The second-order valence-corrected chi connectivity index (χ2v) is 8.37. The highest BCUT2D eigenvalue weighted by atomic mass is 35.5. The van der Waals surface area contributed by atoms with Crippen molar-refractivity contribution in [3.05, 3.63) is 106 Å². The fraction of sp³-hybridized carbons (Fsp3) is 0.0769. The Bertz CT molecular complexity index is 1340. The zero-order chi connectivity index (χ0) is 22.8. The first-order chi connectivity index (χ1) is 16.1. The first-order valence-electron chi connectivity index (χ1n) is 10.4. The average Bonchev–Trinajstić information content (AvgIpc) is 2.86. The number of hydrogen-bond acceptors (Lipinski definition) is 5. The van der Waals surface area contributed by atoms with Crippen LogP contribution in [0.15, 0.2) is 90.2 Å². The van der Waals surface area contributed by atoms with Crippen LogP contribution < -0.4 is 15.4 Å². The van der Waals surface area contributed by atoms with E-state index in [0.717, 1.165) is 45.2 Å². The van der Waals surface area contributed by atoms with E-state index in [1.165, 1.54) is 0 Å². The highest BCUT2D eigenvalue weighted by Gasteiger charge is 2.23. The van der Waals surface area contributed by atoms with Gasteiger partial charge in [-0.05, 0) is 59.7 Å². The Balaban J connectivity index is 1.58. The number of fused-ring (bicyclic) bond motifs is 1. The van der Waals surface area contributed by atoms with Crippen LogP contribution in [0.1, 0.15) is 17.3 Å². The highest BCUT2D eigenvalue weighted by molar-refractivity contribution is 6.42. The van der Waals surface area contributed by atoms with Crippen LogP contribution in [-0.4, -0.2) is 17.9 Å². The number of rotatable bonds is 4. The van der Waals surface area contributed by atoms with Crippen molar-refractivity contribution in [1.29, 1.82) is 0 Å². The summed E-state index contributed by atoms with van der Waals surface area (Å²) in [7, 11) is 1.67. The van der Waals surface area contributed by atoms with Gasteiger partial charge in [0.25, 0.3) is 0 Å². The molecule has 0 radical (unpaired) electrons. The summed E-state index contributed by atoms with van der Waals surface area (Å²) in [5, 5.41) is 7.92. The van der Waals surface area contributed by atoms with Crippen molar-refractivity contribution < 1.29 is 4.74 Å². The topological polar surface area (TPSA) is 58.5 Å². The molecule has 1 aromatic heterocycles. The molecule has 0 amide bonds. The van der Waals surface area contributed by atoms with Crippen LogP contribution >= 0.6 is 23.2 Å². The summed E-state index contributed by atoms with van der Waals surface area (Å²) in [6.07, 6.45) is 3.28. The monoisotopic (exact) mass is 474 g/mol. The molecule has 5 rings (SSSR count). The number of amidine groups is 1. The van der Waals surface area contributed by atoms with Gasteiger partial charge in [-0.2, -0.15) is 0 Å². The summed E-state index contributed by atoms with van der Waals surface area (Å²) >= 11 is 12.3. The van der Waals surface area contributed by atoms with Gasteiger partial charge in [0.15, 0.2) is 0 Å². The zero-order valence-electron chi connectivity index (χ0n) is 17.7. The molecule has 164 valence electrons. The van der Waals surface area contributed by atoms with Gasteiger partial charge in [0.1, 0.15) is 17.8 Å². The van der Waals surface area contributed by atoms with E-state index in [-0.39, 0.29) is 6.17 Å². The summed E-state index contributed by atoms with van der Waals surface area (Å²) in [4.78, 5) is 9.21. The van der Waals surface area contributed by atoms with Gasteiger partial charge in [-0.15, -0.1) is 0 Å². The lowest BCUT2D eigenvalue weighted by molar-refractivity contribution is 0.415. The van der Waals surface area contributed by atoms with E-state index < -0.39 is 0 Å². The maximum absolute atomic E-state index is 6.25. The van der Waals surface area contributed by atoms with Crippen molar-refractivity contribution in [3.8, 4) is 16.9 Å². The lowest BCUT2D eigenvalue weighted by atomic mass is 9.99. The minimum atomic E-state index is -0.279. The molecule has 33 heavy (non-hydrogen) atoms. The maximum atomic E-state index is 6.25. The Morgan fingerprint density at radius 2 is 1.79 bits per heavy atom. The third-order valence-corrected chi connectivity index (χ3v) is 6.15. The number of anilines is 2. The summed E-state index contributed by atoms with van der Waals surface area (Å²) in [5.41, 5.74) is 5.79. The third-order valence-electron chi connectivity index (χ3n) is 5.41.